The van der Waals surface area contributed by atoms with Crippen LogP contribution in [0.5, 0.6) is 11.5 Å². The Morgan fingerprint density at radius 1 is 1.19 bits per heavy atom. The van der Waals surface area contributed by atoms with Gasteiger partial charge in [-0.15, -0.1) is 0 Å². The van der Waals surface area contributed by atoms with Crippen molar-refractivity contribution < 1.29 is 28.2 Å². The number of Topliss-reactive ketones (excluding diaryl/α,β-unsaturated/α-hetero) is 1. The highest BCUT2D eigenvalue weighted by atomic mass is 16.6. The SMILES string of the molecule is Cc1ccc(/C=C2\Oc3cc(OCC(=O)OC(C)(C)C)cc(C)c3C2=O)o1. The standard InChI is InChI=1S/C21H22O6/c1-12-8-15(24-11-18(22)27-21(3,4)5)10-16-19(12)20(23)17(26-16)9-14-7-6-13(2)25-14/h6-10H,11H2,1-5H3/b17-9-. The zero-order chi connectivity index (χ0) is 19.8. The number of aryl methyl sites for hydroxylation is 2. The lowest BCUT2D eigenvalue weighted by atomic mass is 10.0. The van der Waals surface area contributed by atoms with Gasteiger partial charge in [0.15, 0.2) is 12.4 Å². The van der Waals surface area contributed by atoms with Crippen LogP contribution < -0.4 is 9.47 Å². The van der Waals surface area contributed by atoms with Crippen molar-refractivity contribution >= 4 is 17.8 Å². The summed E-state index contributed by atoms with van der Waals surface area (Å²) in [5.41, 5.74) is 0.609. The van der Waals surface area contributed by atoms with Crippen LogP contribution in [0.2, 0.25) is 0 Å². The van der Waals surface area contributed by atoms with E-state index in [1.165, 1.54) is 0 Å². The van der Waals surface area contributed by atoms with Crippen LogP contribution in [0.15, 0.2) is 34.4 Å². The Morgan fingerprint density at radius 3 is 2.56 bits per heavy atom. The first-order valence-corrected chi connectivity index (χ1v) is 8.62. The fraction of sp³-hybridized carbons (Fsp3) is 0.333. The zero-order valence-electron chi connectivity index (χ0n) is 16.0. The molecule has 0 atom stereocenters. The number of fused-ring (bicyclic) bond motifs is 1. The normalized spacial score (nSPS) is 14.9. The van der Waals surface area contributed by atoms with E-state index < -0.39 is 11.6 Å². The van der Waals surface area contributed by atoms with Gasteiger partial charge in [0.05, 0.1) is 5.56 Å². The molecule has 3 rings (SSSR count). The third-order valence-corrected chi connectivity index (χ3v) is 3.75. The summed E-state index contributed by atoms with van der Waals surface area (Å²) < 4.78 is 21.9. The third kappa shape index (κ3) is 4.39. The maximum atomic E-state index is 12.6. The van der Waals surface area contributed by atoms with Crippen molar-refractivity contribution in [1.29, 1.82) is 0 Å². The van der Waals surface area contributed by atoms with Gasteiger partial charge in [-0.2, -0.15) is 0 Å². The molecule has 142 valence electrons. The van der Waals surface area contributed by atoms with E-state index in [0.29, 0.717) is 28.4 Å². The summed E-state index contributed by atoms with van der Waals surface area (Å²) >= 11 is 0. The molecule has 0 amide bonds. The monoisotopic (exact) mass is 370 g/mol. The predicted octanol–water partition coefficient (Wildman–Crippen LogP) is 4.23. The minimum Gasteiger partial charge on any atom is -0.482 e. The minimum atomic E-state index is -0.576. The maximum absolute atomic E-state index is 12.6. The second kappa shape index (κ2) is 6.95. The molecule has 1 aliphatic heterocycles. The fourth-order valence-electron chi connectivity index (χ4n) is 2.73. The lowest BCUT2D eigenvalue weighted by molar-refractivity contribution is -0.157. The minimum absolute atomic E-state index is 0.187. The number of carbonyl (C=O) groups excluding carboxylic acids is 2. The third-order valence-electron chi connectivity index (χ3n) is 3.75. The smallest absolute Gasteiger partial charge is 0.344 e. The van der Waals surface area contributed by atoms with Crippen LogP contribution in [0.25, 0.3) is 6.08 Å². The fourth-order valence-corrected chi connectivity index (χ4v) is 2.73. The predicted molar refractivity (Wildman–Crippen MR) is 98.9 cm³/mol. The molecule has 0 bridgehead atoms. The van der Waals surface area contributed by atoms with Gasteiger partial charge in [0, 0.05) is 12.1 Å². The van der Waals surface area contributed by atoms with Gasteiger partial charge < -0.3 is 18.6 Å². The number of carbonyl (C=O) groups is 2. The van der Waals surface area contributed by atoms with E-state index in [1.54, 1.807) is 52.0 Å². The molecular weight excluding hydrogens is 348 g/mol. The largest absolute Gasteiger partial charge is 0.482 e. The van der Waals surface area contributed by atoms with E-state index in [-0.39, 0.29) is 18.1 Å². The van der Waals surface area contributed by atoms with Crippen LogP contribution in [0.1, 0.15) is 48.2 Å². The van der Waals surface area contributed by atoms with Gasteiger partial charge in [-0.3, -0.25) is 4.79 Å². The highest BCUT2D eigenvalue weighted by Crippen LogP contribution is 2.37. The second-order valence-electron chi connectivity index (χ2n) is 7.38. The molecule has 27 heavy (non-hydrogen) atoms. The van der Waals surface area contributed by atoms with Crippen molar-refractivity contribution in [3.05, 3.63) is 52.7 Å². The quantitative estimate of drug-likeness (QED) is 0.592. The van der Waals surface area contributed by atoms with E-state index in [2.05, 4.69) is 0 Å². The molecule has 6 heteroatoms. The summed E-state index contributed by atoms with van der Waals surface area (Å²) in [5, 5.41) is 0. The Bertz CT molecular complexity index is 927. The zero-order valence-corrected chi connectivity index (χ0v) is 16.0. The van der Waals surface area contributed by atoms with Crippen LogP contribution in [-0.4, -0.2) is 24.0 Å². The Hall–Kier alpha value is -3.02. The van der Waals surface area contributed by atoms with E-state index in [4.69, 9.17) is 18.6 Å². The van der Waals surface area contributed by atoms with Gasteiger partial charge in [0.2, 0.25) is 5.78 Å². The Balaban J connectivity index is 1.76. The first kappa shape index (κ1) is 18.8. The summed E-state index contributed by atoms with van der Waals surface area (Å²) in [6.45, 7) is 8.76. The lowest BCUT2D eigenvalue weighted by Gasteiger charge is -2.19. The van der Waals surface area contributed by atoms with E-state index >= 15 is 0 Å². The van der Waals surface area contributed by atoms with Gasteiger partial charge in [-0.1, -0.05) is 0 Å². The number of hydrogen-bond donors (Lipinski definition) is 0. The van der Waals surface area contributed by atoms with Crippen molar-refractivity contribution in [2.45, 2.75) is 40.2 Å². The molecule has 2 heterocycles. The Kier molecular flexibility index (Phi) is 4.83. The summed E-state index contributed by atoms with van der Waals surface area (Å²) in [7, 11) is 0. The molecule has 0 N–H and O–H groups in total. The molecule has 0 aliphatic carbocycles. The average Bonchev–Trinajstić information content (AvgIpc) is 3.08. The summed E-state index contributed by atoms with van der Waals surface area (Å²) in [5.74, 6) is 1.63. The number of allylic oxidation sites excluding steroid dienone is 1. The van der Waals surface area contributed by atoms with Crippen LogP contribution in [-0.2, 0) is 9.53 Å². The average molecular weight is 370 g/mol. The van der Waals surface area contributed by atoms with Crippen molar-refractivity contribution in [1.82, 2.24) is 0 Å². The number of ether oxygens (including phenoxy) is 3. The van der Waals surface area contributed by atoms with E-state index in [0.717, 1.165) is 5.76 Å². The van der Waals surface area contributed by atoms with E-state index in [1.807, 2.05) is 13.0 Å². The van der Waals surface area contributed by atoms with Gasteiger partial charge in [0.25, 0.3) is 0 Å². The lowest BCUT2D eigenvalue weighted by Crippen LogP contribution is -2.27. The van der Waals surface area contributed by atoms with Crippen molar-refractivity contribution in [2.24, 2.45) is 0 Å². The number of ketones is 1. The molecule has 1 aliphatic rings. The molecular formula is C21H22O6. The van der Waals surface area contributed by atoms with E-state index in [9.17, 15) is 9.59 Å². The molecule has 0 fully saturated rings. The van der Waals surface area contributed by atoms with Gasteiger partial charge in [-0.05, 0) is 58.4 Å². The van der Waals surface area contributed by atoms with Crippen molar-refractivity contribution in [2.75, 3.05) is 6.61 Å². The second-order valence-corrected chi connectivity index (χ2v) is 7.38. The highest BCUT2D eigenvalue weighted by molar-refractivity contribution is 6.15. The van der Waals surface area contributed by atoms with Crippen molar-refractivity contribution in [3.8, 4) is 11.5 Å². The molecule has 1 aromatic carbocycles. The molecule has 0 saturated heterocycles. The topological polar surface area (TPSA) is 75.0 Å². The van der Waals surface area contributed by atoms with Gasteiger partial charge in [0.1, 0.15) is 28.6 Å². The van der Waals surface area contributed by atoms with Crippen LogP contribution in [0.3, 0.4) is 0 Å². The molecule has 0 radical (unpaired) electrons. The van der Waals surface area contributed by atoms with Crippen molar-refractivity contribution in [3.63, 3.8) is 0 Å². The van der Waals surface area contributed by atoms with Crippen LogP contribution in [0, 0.1) is 13.8 Å². The highest BCUT2D eigenvalue weighted by Gasteiger charge is 2.30. The number of furan rings is 1. The summed E-state index contributed by atoms with van der Waals surface area (Å²) in [6, 6.07) is 6.88. The number of esters is 1. The summed E-state index contributed by atoms with van der Waals surface area (Å²) in [6.07, 6.45) is 1.57. The molecule has 0 saturated carbocycles. The number of rotatable bonds is 4. The van der Waals surface area contributed by atoms with Gasteiger partial charge >= 0.3 is 5.97 Å². The van der Waals surface area contributed by atoms with Crippen LogP contribution in [0.4, 0.5) is 0 Å². The first-order valence-electron chi connectivity index (χ1n) is 8.62. The van der Waals surface area contributed by atoms with Crippen LogP contribution >= 0.6 is 0 Å². The molecule has 0 unspecified atom stereocenters. The first-order chi connectivity index (χ1) is 12.6. The number of hydrogen-bond acceptors (Lipinski definition) is 6. The molecule has 0 spiro atoms. The Morgan fingerprint density at radius 2 is 1.93 bits per heavy atom. The summed E-state index contributed by atoms with van der Waals surface area (Å²) in [4.78, 5) is 24.4. The molecule has 1 aromatic heterocycles. The number of benzene rings is 1. The Labute approximate surface area is 157 Å². The molecule has 6 nitrogen and oxygen atoms in total. The van der Waals surface area contributed by atoms with Gasteiger partial charge in [-0.25, -0.2) is 4.79 Å². The maximum Gasteiger partial charge on any atom is 0.344 e. The molecule has 2 aromatic rings.